The molecule has 0 aliphatic heterocycles. The molecule has 3 aromatic carbocycles. The van der Waals surface area contributed by atoms with Gasteiger partial charge in [0, 0.05) is 23.0 Å². The minimum absolute atomic E-state index is 0.139. The Morgan fingerprint density at radius 3 is 2.09 bits per heavy atom. The number of halogens is 1. The highest BCUT2D eigenvalue weighted by Gasteiger charge is 2.31. The predicted octanol–water partition coefficient (Wildman–Crippen LogP) is 11.8. The number of rotatable bonds is 19. The van der Waals surface area contributed by atoms with Crippen LogP contribution in [-0.2, 0) is 22.4 Å². The lowest BCUT2D eigenvalue weighted by Crippen LogP contribution is -2.28. The average Bonchev–Trinajstić information content (AvgIpc) is 3.21. The standard InChI is InChI=1S/C49H67FO5/c1-6-8-9-10-35-11-13-37(14-12-35)38-15-17-39(18-16-38)40-19-23-45(46(50)31-40)42-20-22-44(36(7-2)29-42)41-21-24-47(54-28-26-49(5,32-51)33-52)43(30-41)25-27-55-48(53)34(3)4/h19-24,29-31,35,37-39,51-52H,3,6-18,25-28,32-33H2,1-2,4-5H3. The van der Waals surface area contributed by atoms with Crippen molar-refractivity contribution in [3.63, 3.8) is 0 Å². The van der Waals surface area contributed by atoms with E-state index in [4.69, 9.17) is 9.47 Å². The van der Waals surface area contributed by atoms with Gasteiger partial charge in [-0.05, 0) is 134 Å². The summed E-state index contributed by atoms with van der Waals surface area (Å²) in [4.78, 5) is 12.1. The van der Waals surface area contributed by atoms with Crippen molar-refractivity contribution in [1.82, 2.24) is 0 Å². The van der Waals surface area contributed by atoms with Crippen molar-refractivity contribution in [3.8, 4) is 28.0 Å². The van der Waals surface area contributed by atoms with E-state index in [9.17, 15) is 15.0 Å². The lowest BCUT2D eigenvalue weighted by Gasteiger charge is -2.38. The molecule has 5 nitrogen and oxygen atoms in total. The summed E-state index contributed by atoms with van der Waals surface area (Å²) in [5.41, 5.74) is 6.42. The maximum absolute atomic E-state index is 15.9. The summed E-state index contributed by atoms with van der Waals surface area (Å²) in [6, 6.07) is 18.2. The Morgan fingerprint density at radius 1 is 0.818 bits per heavy atom. The molecule has 0 amide bonds. The Labute approximate surface area is 330 Å². The number of aliphatic hydroxyl groups excluding tert-OH is 2. The minimum Gasteiger partial charge on any atom is -0.493 e. The zero-order valence-electron chi connectivity index (χ0n) is 34.1. The number of unbranched alkanes of at least 4 members (excludes halogenated alkanes) is 2. The lowest BCUT2D eigenvalue weighted by molar-refractivity contribution is -0.138. The zero-order chi connectivity index (χ0) is 39.4. The molecule has 5 rings (SSSR count). The highest BCUT2D eigenvalue weighted by Crippen LogP contribution is 2.45. The van der Waals surface area contributed by atoms with E-state index in [1.165, 1.54) is 77.0 Å². The van der Waals surface area contributed by atoms with Crippen LogP contribution in [0.1, 0.15) is 134 Å². The number of ether oxygens (including phenoxy) is 2. The monoisotopic (exact) mass is 754 g/mol. The van der Waals surface area contributed by atoms with Gasteiger partial charge in [-0.3, -0.25) is 0 Å². The first kappa shape index (κ1) is 42.7. The van der Waals surface area contributed by atoms with Crippen molar-refractivity contribution in [2.75, 3.05) is 26.4 Å². The van der Waals surface area contributed by atoms with Crippen LogP contribution in [0.5, 0.6) is 5.75 Å². The molecule has 2 aliphatic carbocycles. The maximum atomic E-state index is 15.9. The number of carbonyl (C=O) groups excluding carboxylic acids is 1. The average molecular weight is 755 g/mol. The van der Waals surface area contributed by atoms with Crippen LogP contribution >= 0.6 is 0 Å². The molecule has 0 spiro atoms. The second kappa shape index (κ2) is 20.6. The molecule has 0 heterocycles. The molecular weight excluding hydrogens is 688 g/mol. The minimum atomic E-state index is -0.639. The van der Waals surface area contributed by atoms with Crippen LogP contribution in [0, 0.1) is 29.0 Å². The van der Waals surface area contributed by atoms with Gasteiger partial charge in [0.25, 0.3) is 0 Å². The lowest BCUT2D eigenvalue weighted by atomic mass is 9.68. The van der Waals surface area contributed by atoms with Crippen LogP contribution < -0.4 is 4.74 Å². The predicted molar refractivity (Wildman–Crippen MR) is 223 cm³/mol. The van der Waals surface area contributed by atoms with Crippen molar-refractivity contribution in [2.45, 2.75) is 130 Å². The molecule has 55 heavy (non-hydrogen) atoms. The summed E-state index contributed by atoms with van der Waals surface area (Å²) in [5.74, 6) is 3.23. The zero-order valence-corrected chi connectivity index (χ0v) is 34.1. The van der Waals surface area contributed by atoms with Gasteiger partial charge in [-0.15, -0.1) is 0 Å². The molecule has 0 bridgehead atoms. The highest BCUT2D eigenvalue weighted by molar-refractivity contribution is 5.86. The van der Waals surface area contributed by atoms with E-state index >= 15 is 4.39 Å². The van der Waals surface area contributed by atoms with E-state index in [2.05, 4.69) is 44.7 Å². The normalized spacial score (nSPS) is 20.3. The van der Waals surface area contributed by atoms with Gasteiger partial charge in [0.1, 0.15) is 11.6 Å². The highest BCUT2D eigenvalue weighted by atomic mass is 19.1. The summed E-state index contributed by atoms with van der Waals surface area (Å²) in [7, 11) is 0. The largest absolute Gasteiger partial charge is 0.493 e. The third kappa shape index (κ3) is 11.5. The number of carbonyl (C=O) groups is 1. The van der Waals surface area contributed by atoms with Crippen LogP contribution in [0.2, 0.25) is 0 Å². The summed E-state index contributed by atoms with van der Waals surface area (Å²) in [5, 5.41) is 19.4. The van der Waals surface area contributed by atoms with Gasteiger partial charge in [-0.2, -0.15) is 0 Å². The Kier molecular flexibility index (Phi) is 16.0. The molecule has 3 aromatic rings. The number of hydrogen-bond acceptors (Lipinski definition) is 5. The molecule has 0 radical (unpaired) electrons. The van der Waals surface area contributed by atoms with E-state index in [1.54, 1.807) is 13.0 Å². The third-order valence-electron chi connectivity index (χ3n) is 12.9. The number of aryl methyl sites for hydroxylation is 1. The Bertz CT molecular complexity index is 1690. The fourth-order valence-electron chi connectivity index (χ4n) is 8.99. The second-order valence-corrected chi connectivity index (χ2v) is 17.1. The first-order valence-electron chi connectivity index (χ1n) is 21.3. The van der Waals surface area contributed by atoms with Crippen molar-refractivity contribution < 1.29 is 28.9 Å². The van der Waals surface area contributed by atoms with Gasteiger partial charge in [0.05, 0.1) is 26.4 Å². The fraction of sp³-hybridized carbons (Fsp3) is 0.571. The molecule has 0 aromatic heterocycles. The van der Waals surface area contributed by atoms with Gasteiger partial charge in [-0.1, -0.05) is 102 Å². The van der Waals surface area contributed by atoms with Crippen LogP contribution in [0.25, 0.3) is 22.3 Å². The fourth-order valence-corrected chi connectivity index (χ4v) is 8.99. The second-order valence-electron chi connectivity index (χ2n) is 17.1. The van der Waals surface area contributed by atoms with Crippen molar-refractivity contribution in [2.24, 2.45) is 23.2 Å². The molecule has 6 heteroatoms. The summed E-state index contributed by atoms with van der Waals surface area (Å²) >= 11 is 0. The van der Waals surface area contributed by atoms with E-state index < -0.39 is 11.4 Å². The first-order chi connectivity index (χ1) is 26.6. The van der Waals surface area contributed by atoms with E-state index in [0.29, 0.717) is 42.3 Å². The van der Waals surface area contributed by atoms with E-state index in [1.807, 2.05) is 31.2 Å². The summed E-state index contributed by atoms with van der Waals surface area (Å²) in [6.45, 7) is 11.7. The smallest absolute Gasteiger partial charge is 0.333 e. The Balaban J connectivity index is 1.25. The van der Waals surface area contributed by atoms with Crippen LogP contribution in [0.4, 0.5) is 4.39 Å². The first-order valence-corrected chi connectivity index (χ1v) is 21.3. The molecule has 300 valence electrons. The maximum Gasteiger partial charge on any atom is 0.333 e. The van der Waals surface area contributed by atoms with E-state index in [0.717, 1.165) is 57.6 Å². The van der Waals surface area contributed by atoms with Crippen LogP contribution in [-0.4, -0.2) is 42.6 Å². The van der Waals surface area contributed by atoms with Gasteiger partial charge >= 0.3 is 5.97 Å². The van der Waals surface area contributed by atoms with Gasteiger partial charge in [-0.25, -0.2) is 9.18 Å². The number of esters is 1. The number of hydrogen-bond donors (Lipinski definition) is 2. The van der Waals surface area contributed by atoms with Gasteiger partial charge < -0.3 is 19.7 Å². The Morgan fingerprint density at radius 2 is 1.45 bits per heavy atom. The quantitative estimate of drug-likeness (QED) is 0.0724. The van der Waals surface area contributed by atoms with Crippen LogP contribution in [0.3, 0.4) is 0 Å². The molecule has 0 saturated heterocycles. The third-order valence-corrected chi connectivity index (χ3v) is 12.9. The van der Waals surface area contributed by atoms with Gasteiger partial charge in [0.15, 0.2) is 0 Å². The Hall–Kier alpha value is -3.48. The van der Waals surface area contributed by atoms with Crippen molar-refractivity contribution in [3.05, 3.63) is 89.3 Å². The van der Waals surface area contributed by atoms with Crippen molar-refractivity contribution in [1.29, 1.82) is 0 Å². The van der Waals surface area contributed by atoms with E-state index in [-0.39, 0.29) is 25.6 Å². The molecule has 2 fully saturated rings. The van der Waals surface area contributed by atoms with Crippen molar-refractivity contribution >= 4 is 5.97 Å². The molecule has 2 saturated carbocycles. The SMILES string of the molecule is C=C(C)C(=O)OCCc1cc(-c2ccc(-c3ccc(C4CCC(C5CCC(CCCCC)CC5)CC4)cc3F)cc2CC)ccc1OCCC(C)(CO)CO. The topological polar surface area (TPSA) is 76.0 Å². The molecule has 0 unspecified atom stereocenters. The molecule has 2 N–H and O–H groups in total. The summed E-state index contributed by atoms with van der Waals surface area (Å²) in [6.07, 6.45) is 17.8. The molecular formula is C49H67FO5. The molecule has 2 aliphatic rings. The number of aliphatic hydroxyl groups is 2. The van der Waals surface area contributed by atoms with Crippen LogP contribution in [0.15, 0.2) is 66.7 Å². The number of benzene rings is 3. The molecule has 0 atom stereocenters. The summed E-state index contributed by atoms with van der Waals surface area (Å²) < 4.78 is 27.5. The van der Waals surface area contributed by atoms with Gasteiger partial charge in [0.2, 0.25) is 0 Å².